The molecule has 0 N–H and O–H groups in total. The highest BCUT2D eigenvalue weighted by molar-refractivity contribution is 5.71. The van der Waals surface area contributed by atoms with Crippen molar-refractivity contribution >= 4 is 6.09 Å². The first-order chi connectivity index (χ1) is 11.3. The van der Waals surface area contributed by atoms with Crippen molar-refractivity contribution in [3.05, 3.63) is 71.5 Å². The molecule has 4 rings (SSSR count). The fourth-order valence-electron chi connectivity index (χ4n) is 3.85. The number of hydrogen-bond donors (Lipinski definition) is 0. The molecule has 3 nitrogen and oxygen atoms in total. The van der Waals surface area contributed by atoms with Crippen molar-refractivity contribution in [2.45, 2.75) is 30.9 Å². The van der Waals surface area contributed by atoms with E-state index in [-0.39, 0.29) is 30.0 Å². The average Bonchev–Trinajstić information content (AvgIpc) is 3.16. The van der Waals surface area contributed by atoms with E-state index in [4.69, 9.17) is 4.74 Å². The van der Waals surface area contributed by atoms with Gasteiger partial charge in [-0.3, -0.25) is 0 Å². The summed E-state index contributed by atoms with van der Waals surface area (Å²) in [6.07, 6.45) is 1.28. The standard InChI is InChI=1S/C19H18FNO2/c20-15-10-5-4-9-14(15)17(13-7-2-1-3-8-13)18-16-11-6-12-21(16)19(22)23-18/h1-5,7-10,16-18H,6,11-12H2/t16-,17?,18+/m1/s1. The van der Waals surface area contributed by atoms with Gasteiger partial charge in [0.15, 0.2) is 0 Å². The van der Waals surface area contributed by atoms with Crippen LogP contribution in [0.15, 0.2) is 54.6 Å². The predicted octanol–water partition coefficient (Wildman–Crippen LogP) is 3.94. The lowest BCUT2D eigenvalue weighted by molar-refractivity contribution is 0.117. The van der Waals surface area contributed by atoms with Crippen molar-refractivity contribution in [1.29, 1.82) is 0 Å². The molecule has 2 aliphatic rings. The van der Waals surface area contributed by atoms with Gasteiger partial charge in [0.05, 0.1) is 12.0 Å². The SMILES string of the molecule is O=C1O[C@H](C(c2ccccc2)c2ccccc2F)[C@H]2CCCN12. The van der Waals surface area contributed by atoms with Crippen LogP contribution in [-0.4, -0.2) is 29.7 Å². The molecule has 1 amide bonds. The Hall–Kier alpha value is -2.36. The maximum Gasteiger partial charge on any atom is 0.410 e. The van der Waals surface area contributed by atoms with E-state index >= 15 is 0 Å². The van der Waals surface area contributed by atoms with Gasteiger partial charge >= 0.3 is 6.09 Å². The second-order valence-electron chi connectivity index (χ2n) is 6.16. The first kappa shape index (κ1) is 14.2. The van der Waals surface area contributed by atoms with Gasteiger partial charge in [-0.2, -0.15) is 0 Å². The molecule has 2 aliphatic heterocycles. The summed E-state index contributed by atoms with van der Waals surface area (Å²) in [5.74, 6) is -0.539. The highest BCUT2D eigenvalue weighted by Crippen LogP contribution is 2.41. The molecular weight excluding hydrogens is 293 g/mol. The van der Waals surface area contributed by atoms with Gasteiger partial charge in [0.1, 0.15) is 11.9 Å². The minimum atomic E-state index is -0.343. The van der Waals surface area contributed by atoms with E-state index in [0.717, 1.165) is 24.9 Å². The number of halogens is 1. The minimum Gasteiger partial charge on any atom is -0.443 e. The molecule has 23 heavy (non-hydrogen) atoms. The zero-order valence-corrected chi connectivity index (χ0v) is 12.7. The molecule has 3 atom stereocenters. The van der Waals surface area contributed by atoms with Gasteiger partial charge < -0.3 is 9.64 Å². The van der Waals surface area contributed by atoms with Crippen molar-refractivity contribution in [2.24, 2.45) is 0 Å². The average molecular weight is 311 g/mol. The van der Waals surface area contributed by atoms with Crippen LogP contribution in [-0.2, 0) is 4.74 Å². The summed E-state index contributed by atoms with van der Waals surface area (Å²) in [5, 5.41) is 0. The number of rotatable bonds is 3. The maximum atomic E-state index is 14.5. The predicted molar refractivity (Wildman–Crippen MR) is 84.7 cm³/mol. The summed E-state index contributed by atoms with van der Waals surface area (Å²) in [4.78, 5) is 13.9. The molecule has 2 aromatic rings. The second-order valence-corrected chi connectivity index (χ2v) is 6.16. The van der Waals surface area contributed by atoms with Crippen molar-refractivity contribution in [1.82, 2.24) is 4.90 Å². The molecule has 2 aromatic carbocycles. The van der Waals surface area contributed by atoms with Crippen molar-refractivity contribution in [3.8, 4) is 0 Å². The number of carbonyl (C=O) groups excluding carboxylic acids is 1. The third-order valence-electron chi connectivity index (χ3n) is 4.88. The Bertz CT molecular complexity index is 718. The zero-order valence-electron chi connectivity index (χ0n) is 12.7. The van der Waals surface area contributed by atoms with E-state index < -0.39 is 0 Å². The van der Waals surface area contributed by atoms with Crippen molar-refractivity contribution < 1.29 is 13.9 Å². The van der Waals surface area contributed by atoms with Crippen LogP contribution in [0.3, 0.4) is 0 Å². The van der Waals surface area contributed by atoms with Crippen LogP contribution in [0.25, 0.3) is 0 Å². The number of carbonyl (C=O) groups is 1. The number of fused-ring (bicyclic) bond motifs is 1. The molecule has 2 heterocycles. The van der Waals surface area contributed by atoms with Gasteiger partial charge in [0, 0.05) is 6.54 Å². The fourth-order valence-corrected chi connectivity index (χ4v) is 3.85. The highest BCUT2D eigenvalue weighted by Gasteiger charge is 2.48. The molecule has 4 heteroatoms. The summed E-state index contributed by atoms with van der Waals surface area (Å²) in [5.41, 5.74) is 1.56. The summed E-state index contributed by atoms with van der Waals surface area (Å²) in [7, 11) is 0. The lowest BCUT2D eigenvalue weighted by Crippen LogP contribution is -2.34. The quantitative estimate of drug-likeness (QED) is 0.859. The van der Waals surface area contributed by atoms with Crippen molar-refractivity contribution in [3.63, 3.8) is 0 Å². The number of amides is 1. The molecule has 118 valence electrons. The van der Waals surface area contributed by atoms with E-state index in [9.17, 15) is 9.18 Å². The van der Waals surface area contributed by atoms with Gasteiger partial charge in [-0.1, -0.05) is 48.5 Å². The number of benzene rings is 2. The monoisotopic (exact) mass is 311 g/mol. The molecule has 2 saturated heterocycles. The highest BCUT2D eigenvalue weighted by atomic mass is 19.1. The Labute approximate surface area is 134 Å². The van der Waals surface area contributed by atoms with Crippen LogP contribution >= 0.6 is 0 Å². The molecule has 2 fully saturated rings. The first-order valence-electron chi connectivity index (χ1n) is 8.02. The van der Waals surface area contributed by atoms with E-state index in [1.54, 1.807) is 17.0 Å². The largest absolute Gasteiger partial charge is 0.443 e. The van der Waals surface area contributed by atoms with Gasteiger partial charge in [-0.25, -0.2) is 9.18 Å². The molecular formula is C19H18FNO2. The zero-order chi connectivity index (χ0) is 15.8. The molecule has 0 spiro atoms. The van der Waals surface area contributed by atoms with Gasteiger partial charge in [0.25, 0.3) is 0 Å². The molecule has 0 saturated carbocycles. The molecule has 0 aliphatic carbocycles. The number of ether oxygens (including phenoxy) is 1. The molecule has 0 bridgehead atoms. The first-order valence-corrected chi connectivity index (χ1v) is 8.02. The second kappa shape index (κ2) is 5.69. The number of hydrogen-bond acceptors (Lipinski definition) is 2. The third kappa shape index (κ3) is 2.38. The van der Waals surface area contributed by atoms with E-state index in [2.05, 4.69) is 0 Å². The summed E-state index contributed by atoms with van der Waals surface area (Å²) in [6.45, 7) is 0.735. The van der Waals surface area contributed by atoms with Crippen LogP contribution < -0.4 is 0 Å². The van der Waals surface area contributed by atoms with Crippen molar-refractivity contribution in [2.75, 3.05) is 6.54 Å². The van der Waals surface area contributed by atoms with Crippen LogP contribution in [0.5, 0.6) is 0 Å². The minimum absolute atomic E-state index is 0.0345. The molecule has 0 radical (unpaired) electrons. The number of cyclic esters (lactones) is 1. The van der Waals surface area contributed by atoms with Crippen LogP contribution in [0.1, 0.15) is 29.9 Å². The Balaban J connectivity index is 1.80. The van der Waals surface area contributed by atoms with E-state index in [1.165, 1.54) is 6.07 Å². The van der Waals surface area contributed by atoms with Crippen LogP contribution in [0.4, 0.5) is 9.18 Å². The Kier molecular flexibility index (Phi) is 3.52. The summed E-state index contributed by atoms with van der Waals surface area (Å²) in [6, 6.07) is 16.6. The lowest BCUT2D eigenvalue weighted by Gasteiger charge is -2.27. The van der Waals surface area contributed by atoms with Crippen LogP contribution in [0, 0.1) is 5.82 Å². The van der Waals surface area contributed by atoms with Gasteiger partial charge in [-0.15, -0.1) is 0 Å². The maximum absolute atomic E-state index is 14.5. The smallest absolute Gasteiger partial charge is 0.410 e. The van der Waals surface area contributed by atoms with E-state index in [1.807, 2.05) is 36.4 Å². The van der Waals surface area contributed by atoms with Gasteiger partial charge in [0.2, 0.25) is 0 Å². The fraction of sp³-hybridized carbons (Fsp3) is 0.316. The lowest BCUT2D eigenvalue weighted by atomic mass is 9.83. The normalized spacial score (nSPS) is 24.4. The topological polar surface area (TPSA) is 29.5 Å². The van der Waals surface area contributed by atoms with Crippen LogP contribution in [0.2, 0.25) is 0 Å². The Morgan fingerprint density at radius 3 is 2.61 bits per heavy atom. The Morgan fingerprint density at radius 1 is 1.09 bits per heavy atom. The van der Waals surface area contributed by atoms with E-state index in [0.29, 0.717) is 5.56 Å². The Morgan fingerprint density at radius 2 is 1.83 bits per heavy atom. The summed E-state index contributed by atoms with van der Waals surface area (Å²) >= 11 is 0. The molecule has 1 unspecified atom stereocenters. The summed E-state index contributed by atoms with van der Waals surface area (Å²) < 4.78 is 20.1. The van der Waals surface area contributed by atoms with Gasteiger partial charge in [-0.05, 0) is 30.0 Å². The number of nitrogens with zero attached hydrogens (tertiary/aromatic N) is 1. The third-order valence-corrected chi connectivity index (χ3v) is 4.88. The molecule has 0 aromatic heterocycles.